The molecule has 0 aliphatic carbocycles. The maximum absolute atomic E-state index is 4.50. The molecular formula is C20H34N6. The van der Waals surface area contributed by atoms with Crippen molar-refractivity contribution in [3.63, 3.8) is 0 Å². The summed E-state index contributed by atoms with van der Waals surface area (Å²) in [5, 5.41) is 3.57. The predicted octanol–water partition coefficient (Wildman–Crippen LogP) is 1.76. The first-order valence-electron chi connectivity index (χ1n) is 9.99. The van der Waals surface area contributed by atoms with E-state index >= 15 is 0 Å². The predicted molar refractivity (Wildman–Crippen MR) is 109 cm³/mol. The summed E-state index contributed by atoms with van der Waals surface area (Å²) in [4.78, 5) is 16.3. The molecule has 2 aliphatic heterocycles. The lowest BCUT2D eigenvalue weighted by Crippen LogP contribution is -2.53. The van der Waals surface area contributed by atoms with Crippen molar-refractivity contribution in [2.45, 2.75) is 20.3 Å². The third-order valence-electron chi connectivity index (χ3n) is 5.42. The van der Waals surface area contributed by atoms with E-state index in [4.69, 9.17) is 0 Å². The van der Waals surface area contributed by atoms with Gasteiger partial charge >= 0.3 is 0 Å². The Labute approximate surface area is 158 Å². The fraction of sp³-hybridized carbons (Fsp3) is 0.700. The van der Waals surface area contributed by atoms with Crippen LogP contribution in [0.25, 0.3) is 0 Å². The van der Waals surface area contributed by atoms with Crippen LogP contribution in [0.3, 0.4) is 0 Å². The Morgan fingerprint density at radius 1 is 1.15 bits per heavy atom. The first-order valence-corrected chi connectivity index (χ1v) is 9.99. The zero-order chi connectivity index (χ0) is 18.4. The van der Waals surface area contributed by atoms with Crippen molar-refractivity contribution in [2.75, 3.05) is 64.3 Å². The first-order chi connectivity index (χ1) is 12.7. The Bertz CT molecular complexity index is 557. The van der Waals surface area contributed by atoms with E-state index in [1.54, 1.807) is 0 Å². The van der Waals surface area contributed by atoms with Gasteiger partial charge in [-0.1, -0.05) is 19.9 Å². The third kappa shape index (κ3) is 5.10. The van der Waals surface area contributed by atoms with Gasteiger partial charge in [0.2, 0.25) is 0 Å². The van der Waals surface area contributed by atoms with Gasteiger partial charge in [0.1, 0.15) is 5.82 Å². The Kier molecular flexibility index (Phi) is 6.72. The number of hydrogen-bond acceptors (Lipinski definition) is 4. The Hall–Kier alpha value is -1.82. The molecule has 3 heterocycles. The number of nitrogens with one attached hydrogen (secondary N) is 1. The number of anilines is 1. The summed E-state index contributed by atoms with van der Waals surface area (Å²) >= 11 is 0. The van der Waals surface area contributed by atoms with Crippen molar-refractivity contribution in [3.05, 3.63) is 24.4 Å². The maximum Gasteiger partial charge on any atom is 0.193 e. The summed E-state index contributed by atoms with van der Waals surface area (Å²) in [7, 11) is 1.89. The van der Waals surface area contributed by atoms with Crippen LogP contribution < -0.4 is 10.2 Å². The minimum atomic E-state index is 0.817. The number of piperazine rings is 1. The molecule has 2 aliphatic rings. The molecule has 3 rings (SSSR count). The number of nitrogens with zero attached hydrogens (tertiary/aromatic N) is 5. The molecule has 0 radical (unpaired) electrons. The highest BCUT2D eigenvalue weighted by Gasteiger charge is 2.22. The van der Waals surface area contributed by atoms with Crippen LogP contribution in [0.5, 0.6) is 0 Å². The Morgan fingerprint density at radius 2 is 1.88 bits per heavy atom. The number of hydrogen-bond donors (Lipinski definition) is 1. The summed E-state index contributed by atoms with van der Waals surface area (Å²) in [5.41, 5.74) is 0. The molecular weight excluding hydrogens is 324 g/mol. The first kappa shape index (κ1) is 19.0. The monoisotopic (exact) mass is 358 g/mol. The highest BCUT2D eigenvalue weighted by Crippen LogP contribution is 2.20. The summed E-state index contributed by atoms with van der Waals surface area (Å²) in [6, 6.07) is 6.11. The zero-order valence-corrected chi connectivity index (χ0v) is 16.6. The van der Waals surface area contributed by atoms with Crippen molar-refractivity contribution in [1.82, 2.24) is 20.1 Å². The molecule has 0 amide bonds. The van der Waals surface area contributed by atoms with Gasteiger partial charge in [-0.3, -0.25) is 4.99 Å². The van der Waals surface area contributed by atoms with Crippen molar-refractivity contribution in [2.24, 2.45) is 16.8 Å². The van der Waals surface area contributed by atoms with Crippen molar-refractivity contribution < 1.29 is 0 Å². The molecule has 2 fully saturated rings. The largest absolute Gasteiger partial charge is 0.355 e. The molecule has 26 heavy (non-hydrogen) atoms. The molecule has 0 saturated carbocycles. The highest BCUT2D eigenvalue weighted by atomic mass is 15.4. The fourth-order valence-corrected chi connectivity index (χ4v) is 4.32. The highest BCUT2D eigenvalue weighted by molar-refractivity contribution is 5.80. The molecule has 0 bridgehead atoms. The lowest BCUT2D eigenvalue weighted by molar-refractivity contribution is 0.143. The fourth-order valence-electron chi connectivity index (χ4n) is 4.32. The van der Waals surface area contributed by atoms with Gasteiger partial charge in [0.05, 0.1) is 0 Å². The van der Waals surface area contributed by atoms with Gasteiger partial charge in [0, 0.05) is 65.6 Å². The SMILES string of the molecule is CN=C(NCCN1CC(C)CC(C)C1)N1CCN(c2ccccn2)CC1. The van der Waals surface area contributed by atoms with Crippen LogP contribution in [0.1, 0.15) is 20.3 Å². The topological polar surface area (TPSA) is 47.0 Å². The number of aromatic nitrogens is 1. The molecule has 6 heteroatoms. The van der Waals surface area contributed by atoms with E-state index in [0.29, 0.717) is 0 Å². The minimum Gasteiger partial charge on any atom is -0.355 e. The van der Waals surface area contributed by atoms with Crippen molar-refractivity contribution in [3.8, 4) is 0 Å². The lowest BCUT2D eigenvalue weighted by atomic mass is 9.92. The zero-order valence-electron chi connectivity index (χ0n) is 16.6. The molecule has 0 spiro atoms. The van der Waals surface area contributed by atoms with Gasteiger partial charge in [0.15, 0.2) is 5.96 Å². The number of piperidine rings is 1. The quantitative estimate of drug-likeness (QED) is 0.656. The van der Waals surface area contributed by atoms with E-state index in [-0.39, 0.29) is 0 Å². The molecule has 2 atom stereocenters. The van der Waals surface area contributed by atoms with Gasteiger partial charge in [-0.15, -0.1) is 0 Å². The van der Waals surface area contributed by atoms with Gasteiger partial charge in [0.25, 0.3) is 0 Å². The van der Waals surface area contributed by atoms with Gasteiger partial charge < -0.3 is 20.0 Å². The Balaban J connectivity index is 1.42. The second kappa shape index (κ2) is 9.21. The molecule has 1 N–H and O–H groups in total. The summed E-state index contributed by atoms with van der Waals surface area (Å²) in [5.74, 6) is 3.74. The summed E-state index contributed by atoms with van der Waals surface area (Å²) in [6.07, 6.45) is 3.23. The maximum atomic E-state index is 4.50. The van der Waals surface area contributed by atoms with Crippen molar-refractivity contribution in [1.29, 1.82) is 0 Å². The summed E-state index contributed by atoms with van der Waals surface area (Å²) < 4.78 is 0. The average molecular weight is 359 g/mol. The second-order valence-corrected chi connectivity index (χ2v) is 7.84. The van der Waals surface area contributed by atoms with Crippen LogP contribution in [-0.2, 0) is 0 Å². The Morgan fingerprint density at radius 3 is 2.50 bits per heavy atom. The van der Waals surface area contributed by atoms with Gasteiger partial charge in [-0.05, 0) is 30.4 Å². The van der Waals surface area contributed by atoms with Crippen LogP contribution in [0.15, 0.2) is 29.4 Å². The number of aliphatic imine (C=N–C) groups is 1. The van der Waals surface area contributed by atoms with Crippen LogP contribution in [0.4, 0.5) is 5.82 Å². The van der Waals surface area contributed by atoms with Crippen molar-refractivity contribution >= 4 is 11.8 Å². The molecule has 0 aromatic carbocycles. The molecule has 1 aromatic heterocycles. The number of rotatable bonds is 4. The van der Waals surface area contributed by atoms with E-state index in [1.807, 2.05) is 19.3 Å². The summed E-state index contributed by atoms with van der Waals surface area (Å²) in [6.45, 7) is 13.2. The van der Waals surface area contributed by atoms with Gasteiger partial charge in [-0.25, -0.2) is 4.98 Å². The minimum absolute atomic E-state index is 0.817. The average Bonchev–Trinajstić information content (AvgIpc) is 2.65. The molecule has 2 unspecified atom stereocenters. The molecule has 144 valence electrons. The molecule has 6 nitrogen and oxygen atoms in total. The standard InChI is InChI=1S/C20H34N6/c1-17-14-18(2)16-24(15-17)9-8-23-20(21-3)26-12-10-25(11-13-26)19-6-4-5-7-22-19/h4-7,17-18H,8-16H2,1-3H3,(H,21,23). The normalized spacial score (nSPS) is 25.4. The molecule has 2 saturated heterocycles. The van der Waals surface area contributed by atoms with E-state index in [9.17, 15) is 0 Å². The number of guanidine groups is 1. The second-order valence-electron chi connectivity index (χ2n) is 7.84. The van der Waals surface area contributed by atoms with E-state index in [0.717, 1.165) is 62.9 Å². The van der Waals surface area contributed by atoms with E-state index in [1.165, 1.54) is 19.5 Å². The van der Waals surface area contributed by atoms with Crippen LogP contribution in [0, 0.1) is 11.8 Å². The van der Waals surface area contributed by atoms with Gasteiger partial charge in [-0.2, -0.15) is 0 Å². The molecule has 1 aromatic rings. The van der Waals surface area contributed by atoms with Crippen LogP contribution >= 0.6 is 0 Å². The smallest absolute Gasteiger partial charge is 0.193 e. The number of likely N-dealkylation sites (tertiary alicyclic amines) is 1. The van der Waals surface area contributed by atoms with E-state index < -0.39 is 0 Å². The van der Waals surface area contributed by atoms with Crippen LogP contribution in [-0.4, -0.2) is 80.1 Å². The third-order valence-corrected chi connectivity index (χ3v) is 5.42. The number of pyridine rings is 1. The van der Waals surface area contributed by atoms with Crippen LogP contribution in [0.2, 0.25) is 0 Å². The van der Waals surface area contributed by atoms with E-state index in [2.05, 4.69) is 56.0 Å². The lowest BCUT2D eigenvalue weighted by Gasteiger charge is -2.38.